The zero-order chi connectivity index (χ0) is 23.1. The zero-order valence-electron chi connectivity index (χ0n) is 17.2. The highest BCUT2D eigenvalue weighted by Gasteiger charge is 2.43. The molecule has 0 aromatic carbocycles. The molecule has 166 valence electrons. The second-order valence-electron chi connectivity index (χ2n) is 8.39. The monoisotopic (exact) mass is 437 g/mol. The first-order chi connectivity index (χ1) is 13.4. The van der Waals surface area contributed by atoms with Crippen molar-refractivity contribution in [2.75, 3.05) is 0 Å². The number of ether oxygens (including phenoxy) is 2. The lowest BCUT2D eigenvalue weighted by molar-refractivity contribution is -0.143. The summed E-state index contributed by atoms with van der Waals surface area (Å²) >= 11 is 0. The van der Waals surface area contributed by atoms with Crippen molar-refractivity contribution in [1.29, 1.82) is 0 Å². The molecule has 2 rings (SSSR count). The van der Waals surface area contributed by atoms with Crippen LogP contribution in [0.5, 0.6) is 11.8 Å². The lowest BCUT2D eigenvalue weighted by Gasteiger charge is -2.27. The van der Waals surface area contributed by atoms with Crippen molar-refractivity contribution in [3.05, 3.63) is 29.6 Å². The van der Waals surface area contributed by atoms with Crippen LogP contribution in [0, 0.1) is 0 Å². The molecule has 0 unspecified atom stereocenters. The molecule has 0 spiro atoms. The average Bonchev–Trinajstić information content (AvgIpc) is 2.49. The molecule has 2 aromatic rings. The minimum absolute atomic E-state index is 0.0331. The van der Waals surface area contributed by atoms with Gasteiger partial charge in [-0.25, -0.2) is 0 Å². The Balaban J connectivity index is 2.72. The number of halogens is 6. The normalized spacial score (nSPS) is 13.3. The molecule has 0 aliphatic heterocycles. The van der Waals surface area contributed by atoms with Crippen LogP contribution in [0.15, 0.2) is 18.3 Å². The maximum Gasteiger partial charge on any atom is 0.433 e. The maximum atomic E-state index is 13.8. The zero-order valence-corrected chi connectivity index (χ0v) is 17.2. The van der Waals surface area contributed by atoms with Crippen LogP contribution in [0.3, 0.4) is 0 Å². The molecule has 0 bridgehead atoms. The number of hydrogen-bond donors (Lipinski definition) is 0. The molecule has 0 radical (unpaired) electrons. The number of pyridine rings is 1. The first-order valence-corrected chi connectivity index (χ1v) is 8.78. The highest BCUT2D eigenvalue weighted by atomic mass is 19.4. The summed E-state index contributed by atoms with van der Waals surface area (Å²) in [5.74, 6) is -1.90. The van der Waals surface area contributed by atoms with E-state index in [2.05, 4.69) is 15.0 Å². The Bertz CT molecular complexity index is 858. The highest BCUT2D eigenvalue weighted by Crippen LogP contribution is 2.43. The van der Waals surface area contributed by atoms with Crippen LogP contribution in [-0.4, -0.2) is 26.2 Å². The number of aromatic nitrogens is 3. The Morgan fingerprint density at radius 2 is 1.17 bits per heavy atom. The number of hydrogen-bond acceptors (Lipinski definition) is 5. The van der Waals surface area contributed by atoms with Crippen LogP contribution in [-0.2, 0) is 12.4 Å². The van der Waals surface area contributed by atoms with E-state index < -0.39 is 46.6 Å². The van der Waals surface area contributed by atoms with Crippen LogP contribution in [0.2, 0.25) is 0 Å². The van der Waals surface area contributed by atoms with Gasteiger partial charge >= 0.3 is 12.4 Å². The summed E-state index contributed by atoms with van der Waals surface area (Å²) in [6.07, 6.45) is -8.74. The summed E-state index contributed by atoms with van der Waals surface area (Å²) in [7, 11) is 0. The van der Waals surface area contributed by atoms with Gasteiger partial charge in [0, 0.05) is 11.8 Å². The smallest absolute Gasteiger partial charge is 0.433 e. The van der Waals surface area contributed by atoms with Gasteiger partial charge < -0.3 is 9.47 Å². The Morgan fingerprint density at radius 3 is 1.47 bits per heavy atom. The summed E-state index contributed by atoms with van der Waals surface area (Å²) in [5, 5.41) is 0. The molecule has 5 nitrogen and oxygen atoms in total. The Kier molecular flexibility index (Phi) is 5.99. The van der Waals surface area contributed by atoms with Gasteiger partial charge in [-0.3, -0.25) is 4.98 Å². The second-order valence-corrected chi connectivity index (χ2v) is 8.39. The largest absolute Gasteiger partial charge is 0.471 e. The highest BCUT2D eigenvalue weighted by molar-refractivity contribution is 5.57. The van der Waals surface area contributed by atoms with Crippen molar-refractivity contribution in [1.82, 2.24) is 15.0 Å². The third kappa shape index (κ3) is 6.20. The molecule has 2 heterocycles. The Morgan fingerprint density at radius 1 is 0.700 bits per heavy atom. The van der Waals surface area contributed by atoms with Gasteiger partial charge in [-0.05, 0) is 53.7 Å². The first-order valence-electron chi connectivity index (χ1n) is 8.78. The van der Waals surface area contributed by atoms with Crippen molar-refractivity contribution in [3.63, 3.8) is 0 Å². The van der Waals surface area contributed by atoms with Gasteiger partial charge in [0.2, 0.25) is 11.8 Å². The van der Waals surface area contributed by atoms with E-state index in [0.29, 0.717) is 6.07 Å². The van der Waals surface area contributed by atoms with Gasteiger partial charge in [0.1, 0.15) is 16.9 Å². The van der Waals surface area contributed by atoms with Crippen LogP contribution in [0.25, 0.3) is 11.4 Å². The fourth-order valence-electron chi connectivity index (χ4n) is 2.21. The van der Waals surface area contributed by atoms with E-state index in [-0.39, 0.29) is 11.4 Å². The summed E-state index contributed by atoms with van der Waals surface area (Å²) in [6, 6.07) is 1.70. The lowest BCUT2D eigenvalue weighted by Crippen LogP contribution is -2.29. The molecule has 0 aliphatic rings. The third-order valence-corrected chi connectivity index (χ3v) is 3.24. The van der Waals surface area contributed by atoms with Crippen LogP contribution in [0.1, 0.15) is 52.8 Å². The summed E-state index contributed by atoms with van der Waals surface area (Å²) in [4.78, 5) is 10.9. The van der Waals surface area contributed by atoms with Gasteiger partial charge in [0.05, 0.1) is 0 Å². The van der Waals surface area contributed by atoms with Crippen molar-refractivity contribution >= 4 is 0 Å². The average molecular weight is 437 g/mol. The van der Waals surface area contributed by atoms with Crippen molar-refractivity contribution in [2.24, 2.45) is 0 Å². The maximum absolute atomic E-state index is 13.8. The van der Waals surface area contributed by atoms with E-state index in [1.54, 1.807) is 0 Å². The SMILES string of the molecule is CC(C)(C)Oc1nc(-c2ccc(C(F)(F)F)nc2)nc(OC(C)(C)C)c1C(F)(F)F. The third-order valence-electron chi connectivity index (χ3n) is 3.24. The van der Waals surface area contributed by atoms with Crippen LogP contribution < -0.4 is 9.47 Å². The minimum atomic E-state index is -4.90. The van der Waals surface area contributed by atoms with E-state index in [1.165, 1.54) is 41.5 Å². The minimum Gasteiger partial charge on any atom is -0.471 e. The van der Waals surface area contributed by atoms with E-state index in [9.17, 15) is 26.3 Å². The Hall–Kier alpha value is -2.59. The van der Waals surface area contributed by atoms with Gasteiger partial charge in [-0.15, -0.1) is 0 Å². The molecule has 2 aromatic heterocycles. The van der Waals surface area contributed by atoms with E-state index in [1.807, 2.05) is 0 Å². The summed E-state index contributed by atoms with van der Waals surface area (Å²) < 4.78 is 90.4. The number of nitrogens with zero attached hydrogens (tertiary/aromatic N) is 3. The number of rotatable bonds is 3. The fraction of sp³-hybridized carbons (Fsp3) is 0.526. The molecular weight excluding hydrogens is 416 g/mol. The predicted molar refractivity (Wildman–Crippen MR) is 96.0 cm³/mol. The molecule has 11 heteroatoms. The lowest BCUT2D eigenvalue weighted by atomic mass is 10.1. The molecule has 0 aliphatic carbocycles. The first kappa shape index (κ1) is 23.7. The van der Waals surface area contributed by atoms with Gasteiger partial charge in [0.15, 0.2) is 11.4 Å². The fourth-order valence-corrected chi connectivity index (χ4v) is 2.21. The quantitative estimate of drug-likeness (QED) is 0.557. The molecule has 0 N–H and O–H groups in total. The molecule has 0 saturated carbocycles. The van der Waals surface area contributed by atoms with Crippen molar-refractivity contribution in [3.8, 4) is 23.1 Å². The van der Waals surface area contributed by atoms with Gasteiger partial charge in [0.25, 0.3) is 0 Å². The van der Waals surface area contributed by atoms with E-state index in [4.69, 9.17) is 9.47 Å². The standard InChI is InChI=1S/C19H21F6N3O2/c1-16(2,3)29-14-12(19(23,24)25)15(30-17(4,5)6)28-13(27-14)10-7-8-11(26-9-10)18(20,21)22/h7-9H,1-6H3. The molecular formula is C19H21F6N3O2. The van der Waals surface area contributed by atoms with Crippen LogP contribution >= 0.6 is 0 Å². The van der Waals surface area contributed by atoms with E-state index >= 15 is 0 Å². The van der Waals surface area contributed by atoms with Crippen molar-refractivity contribution < 1.29 is 35.8 Å². The predicted octanol–water partition coefficient (Wildman–Crippen LogP) is 5.93. The van der Waals surface area contributed by atoms with Crippen LogP contribution in [0.4, 0.5) is 26.3 Å². The molecule has 0 saturated heterocycles. The summed E-state index contributed by atoms with van der Waals surface area (Å²) in [6.45, 7) is 9.16. The Labute approximate surface area is 169 Å². The molecule has 0 amide bonds. The molecule has 0 fully saturated rings. The molecule has 0 atom stereocenters. The van der Waals surface area contributed by atoms with E-state index in [0.717, 1.165) is 12.3 Å². The van der Waals surface area contributed by atoms with Crippen molar-refractivity contribution in [2.45, 2.75) is 65.1 Å². The summed E-state index contributed by atoms with van der Waals surface area (Å²) in [5.41, 5.74) is -4.60. The number of alkyl halides is 6. The topological polar surface area (TPSA) is 57.1 Å². The van der Waals surface area contributed by atoms with Gasteiger partial charge in [-0.2, -0.15) is 36.3 Å². The molecule has 30 heavy (non-hydrogen) atoms. The van der Waals surface area contributed by atoms with Gasteiger partial charge in [-0.1, -0.05) is 0 Å². The second kappa shape index (κ2) is 7.59.